The van der Waals surface area contributed by atoms with Gasteiger partial charge in [-0.3, -0.25) is 9.59 Å². The summed E-state index contributed by atoms with van der Waals surface area (Å²) in [7, 11) is 1.47. The van der Waals surface area contributed by atoms with E-state index in [0.29, 0.717) is 6.42 Å². The van der Waals surface area contributed by atoms with Gasteiger partial charge >= 0.3 is 12.1 Å². The van der Waals surface area contributed by atoms with Crippen molar-refractivity contribution < 1.29 is 29.0 Å². The monoisotopic (exact) mass is 466 g/mol. The maximum absolute atomic E-state index is 13.0. The normalized spacial score (nSPS) is 12.9. The Labute approximate surface area is 199 Å². The number of nitrogens with zero attached hydrogens (tertiary/aromatic N) is 1. The zero-order valence-corrected chi connectivity index (χ0v) is 19.2. The number of carboxylic acids is 1. The van der Waals surface area contributed by atoms with Gasteiger partial charge in [0.1, 0.15) is 19.2 Å². The Balaban J connectivity index is 1.68. The van der Waals surface area contributed by atoms with E-state index in [0.717, 1.165) is 27.2 Å². The Hall–Kier alpha value is -3.65. The van der Waals surface area contributed by atoms with Crippen molar-refractivity contribution in [1.29, 1.82) is 0 Å². The second-order valence-corrected chi connectivity index (χ2v) is 8.03. The minimum Gasteiger partial charge on any atom is -0.480 e. The molecule has 2 aromatic rings. The van der Waals surface area contributed by atoms with Gasteiger partial charge in [-0.2, -0.15) is 0 Å². The zero-order chi connectivity index (χ0) is 24.5. The van der Waals surface area contributed by atoms with Crippen LogP contribution in [-0.4, -0.2) is 67.4 Å². The van der Waals surface area contributed by atoms with E-state index < -0.39 is 30.6 Å². The van der Waals surface area contributed by atoms with E-state index in [2.05, 4.69) is 24.0 Å². The van der Waals surface area contributed by atoms with Gasteiger partial charge < -0.3 is 24.8 Å². The van der Waals surface area contributed by atoms with Crippen LogP contribution >= 0.6 is 0 Å². The molecule has 1 unspecified atom stereocenters. The molecule has 8 nitrogen and oxygen atoms in total. The molecule has 2 N–H and O–H groups in total. The number of fused-ring (bicyclic) bond motifs is 3. The number of rotatable bonds is 12. The van der Waals surface area contributed by atoms with Crippen LogP contribution in [0.15, 0.2) is 61.2 Å². The van der Waals surface area contributed by atoms with E-state index >= 15 is 0 Å². The first-order valence-electron chi connectivity index (χ1n) is 11.2. The van der Waals surface area contributed by atoms with Gasteiger partial charge in [-0.1, -0.05) is 54.6 Å². The molecule has 0 spiro atoms. The van der Waals surface area contributed by atoms with E-state index in [-0.39, 0.29) is 32.1 Å². The summed E-state index contributed by atoms with van der Waals surface area (Å²) in [6.07, 6.45) is 1.64. The fraction of sp³-hybridized carbons (Fsp3) is 0.346. The lowest BCUT2D eigenvalue weighted by Crippen LogP contribution is -2.51. The van der Waals surface area contributed by atoms with Crippen molar-refractivity contribution in [2.45, 2.75) is 24.8 Å². The van der Waals surface area contributed by atoms with Crippen LogP contribution in [0.25, 0.3) is 11.1 Å². The molecule has 1 aliphatic rings. The third-order valence-corrected chi connectivity index (χ3v) is 5.80. The summed E-state index contributed by atoms with van der Waals surface area (Å²) in [4.78, 5) is 38.1. The maximum atomic E-state index is 13.0. The Morgan fingerprint density at radius 3 is 2.29 bits per heavy atom. The number of carbonyl (C=O) groups is 3. The van der Waals surface area contributed by atoms with Gasteiger partial charge in [-0.05, 0) is 35.1 Å². The number of allylic oxidation sites excluding steroid dienone is 1. The molecule has 34 heavy (non-hydrogen) atoms. The second-order valence-electron chi connectivity index (χ2n) is 8.03. The number of hydrogen-bond donors (Lipinski definition) is 2. The highest BCUT2D eigenvalue weighted by Crippen LogP contribution is 2.44. The van der Waals surface area contributed by atoms with Crippen molar-refractivity contribution >= 4 is 18.0 Å². The smallest absolute Gasteiger partial charge is 0.407 e. The molecule has 0 radical (unpaired) electrons. The van der Waals surface area contributed by atoms with Gasteiger partial charge in [0, 0.05) is 19.6 Å². The Bertz CT molecular complexity index is 992. The number of ether oxygens (including phenoxy) is 2. The average molecular weight is 467 g/mol. The molecule has 0 aliphatic heterocycles. The number of nitrogens with one attached hydrogen (secondary N) is 1. The average Bonchev–Trinajstić information content (AvgIpc) is 3.16. The summed E-state index contributed by atoms with van der Waals surface area (Å²) in [5.74, 6) is -1.76. The number of benzene rings is 2. The first-order chi connectivity index (χ1) is 16.5. The van der Waals surface area contributed by atoms with E-state index in [4.69, 9.17) is 9.47 Å². The highest BCUT2D eigenvalue weighted by Gasteiger charge is 2.31. The molecular formula is C26H30N2O6. The van der Waals surface area contributed by atoms with Crippen LogP contribution < -0.4 is 5.32 Å². The number of carbonyl (C=O) groups excluding carboxylic acids is 2. The standard InChI is InChI=1S/C26H30N2O6/c1-3-4-13-23(25(31)28(14-15-33-2)16-24(29)30)27-26(32)34-17-22-20-11-7-5-9-18(20)19-10-6-8-12-21(19)22/h3,5-12,22-23H,1,4,13-17H2,2H3,(H,27,32)(H,29,30). The topological polar surface area (TPSA) is 105 Å². The van der Waals surface area contributed by atoms with E-state index in [1.165, 1.54) is 7.11 Å². The molecule has 180 valence electrons. The molecule has 3 rings (SSSR count). The SMILES string of the molecule is C=CCCC(NC(=O)OCC1c2ccccc2-c2ccccc21)C(=O)N(CCOC)CC(=O)O. The van der Waals surface area contributed by atoms with Gasteiger partial charge in [0.25, 0.3) is 0 Å². The van der Waals surface area contributed by atoms with Crippen LogP contribution in [0.5, 0.6) is 0 Å². The summed E-state index contributed by atoms with van der Waals surface area (Å²) >= 11 is 0. The molecule has 0 heterocycles. The summed E-state index contributed by atoms with van der Waals surface area (Å²) in [5.41, 5.74) is 4.41. The Morgan fingerprint density at radius 1 is 1.12 bits per heavy atom. The van der Waals surface area contributed by atoms with E-state index in [1.54, 1.807) is 6.08 Å². The van der Waals surface area contributed by atoms with Crippen LogP contribution in [0.2, 0.25) is 0 Å². The number of hydrogen-bond acceptors (Lipinski definition) is 5. The van der Waals surface area contributed by atoms with Crippen LogP contribution in [0.4, 0.5) is 4.79 Å². The van der Waals surface area contributed by atoms with Crippen LogP contribution in [0.1, 0.15) is 29.9 Å². The summed E-state index contributed by atoms with van der Waals surface area (Å²) in [6.45, 7) is 3.57. The fourth-order valence-corrected chi connectivity index (χ4v) is 4.18. The van der Waals surface area contributed by atoms with Crippen molar-refractivity contribution in [3.05, 3.63) is 72.3 Å². The molecule has 1 aliphatic carbocycles. The van der Waals surface area contributed by atoms with Gasteiger partial charge in [0.2, 0.25) is 5.91 Å². The second kappa shape index (κ2) is 12.0. The molecule has 0 fully saturated rings. The van der Waals surface area contributed by atoms with Crippen molar-refractivity contribution in [3.8, 4) is 11.1 Å². The third-order valence-electron chi connectivity index (χ3n) is 5.80. The minimum absolute atomic E-state index is 0.0958. The van der Waals surface area contributed by atoms with Crippen LogP contribution in [0, 0.1) is 0 Å². The van der Waals surface area contributed by atoms with E-state index in [9.17, 15) is 19.5 Å². The molecule has 2 amide bonds. The highest BCUT2D eigenvalue weighted by atomic mass is 16.5. The van der Waals surface area contributed by atoms with Crippen molar-refractivity contribution in [1.82, 2.24) is 10.2 Å². The van der Waals surface area contributed by atoms with Gasteiger partial charge in [-0.15, -0.1) is 6.58 Å². The summed E-state index contributed by atoms with van der Waals surface area (Å²) in [6, 6.07) is 15.1. The van der Waals surface area contributed by atoms with E-state index in [1.807, 2.05) is 36.4 Å². The highest BCUT2D eigenvalue weighted by molar-refractivity contribution is 5.88. The third kappa shape index (κ3) is 6.02. The number of methoxy groups -OCH3 is 1. The molecule has 8 heteroatoms. The minimum atomic E-state index is -1.15. The molecule has 2 aromatic carbocycles. The lowest BCUT2D eigenvalue weighted by molar-refractivity contribution is -0.145. The lowest BCUT2D eigenvalue weighted by atomic mass is 9.98. The van der Waals surface area contributed by atoms with Crippen molar-refractivity contribution in [2.75, 3.05) is 33.4 Å². The predicted molar refractivity (Wildman–Crippen MR) is 128 cm³/mol. The number of alkyl carbamates (subject to hydrolysis) is 1. The zero-order valence-electron chi connectivity index (χ0n) is 19.2. The van der Waals surface area contributed by atoms with Crippen molar-refractivity contribution in [2.24, 2.45) is 0 Å². The first-order valence-corrected chi connectivity index (χ1v) is 11.2. The lowest BCUT2D eigenvalue weighted by Gasteiger charge is -2.26. The molecule has 0 aromatic heterocycles. The summed E-state index contributed by atoms with van der Waals surface area (Å²) < 4.78 is 10.5. The predicted octanol–water partition coefficient (Wildman–Crippen LogP) is 3.42. The molecule has 1 atom stereocenters. The van der Waals surface area contributed by atoms with Crippen LogP contribution in [-0.2, 0) is 19.1 Å². The van der Waals surface area contributed by atoms with Gasteiger partial charge in [0.15, 0.2) is 0 Å². The van der Waals surface area contributed by atoms with Gasteiger partial charge in [0.05, 0.1) is 6.61 Å². The Morgan fingerprint density at radius 2 is 1.74 bits per heavy atom. The number of carboxylic acid groups (broad SMARTS) is 1. The first kappa shape index (κ1) is 25.0. The Kier molecular flexibility index (Phi) is 8.81. The molecule has 0 saturated carbocycles. The fourth-order valence-electron chi connectivity index (χ4n) is 4.18. The molecule has 0 saturated heterocycles. The van der Waals surface area contributed by atoms with Crippen molar-refractivity contribution in [3.63, 3.8) is 0 Å². The summed E-state index contributed by atoms with van der Waals surface area (Å²) in [5, 5.41) is 11.8. The largest absolute Gasteiger partial charge is 0.480 e. The quantitative estimate of drug-likeness (QED) is 0.465. The number of amides is 2. The molecular weight excluding hydrogens is 436 g/mol. The van der Waals surface area contributed by atoms with Gasteiger partial charge in [-0.25, -0.2) is 4.79 Å². The number of aliphatic carboxylic acids is 1. The van der Waals surface area contributed by atoms with Crippen LogP contribution in [0.3, 0.4) is 0 Å². The molecule has 0 bridgehead atoms. The maximum Gasteiger partial charge on any atom is 0.407 e.